The molecule has 0 amide bonds. The summed E-state index contributed by atoms with van der Waals surface area (Å²) >= 11 is 3.11. The summed E-state index contributed by atoms with van der Waals surface area (Å²) in [6, 6.07) is 4.41. The lowest BCUT2D eigenvalue weighted by Crippen LogP contribution is -2.07. The van der Waals surface area contributed by atoms with E-state index in [0.29, 0.717) is 21.7 Å². The lowest BCUT2D eigenvalue weighted by Gasteiger charge is -2.12. The number of hydrogen-bond acceptors (Lipinski definition) is 4. The van der Waals surface area contributed by atoms with Gasteiger partial charge in [0.2, 0.25) is 0 Å². The second kappa shape index (κ2) is 6.28. The zero-order chi connectivity index (χ0) is 14.7. The topological polar surface area (TPSA) is 61.0 Å². The van der Waals surface area contributed by atoms with Crippen molar-refractivity contribution in [2.75, 3.05) is 0 Å². The van der Waals surface area contributed by atoms with Crippen LogP contribution in [0.5, 0.6) is 11.5 Å². The Bertz CT molecular complexity index is 619. The SMILES string of the molecule is CC(C)c1ncc(Oc2ccc(F)c(Br)c2)c(CN)n1. The molecule has 4 nitrogen and oxygen atoms in total. The summed E-state index contributed by atoms with van der Waals surface area (Å²) in [6.45, 7) is 4.26. The Balaban J connectivity index is 2.30. The maximum atomic E-state index is 13.2. The Labute approximate surface area is 125 Å². The molecular weight excluding hydrogens is 325 g/mol. The fourth-order valence-electron chi connectivity index (χ4n) is 1.60. The van der Waals surface area contributed by atoms with Gasteiger partial charge < -0.3 is 10.5 Å². The van der Waals surface area contributed by atoms with Gasteiger partial charge in [0.25, 0.3) is 0 Å². The predicted molar refractivity (Wildman–Crippen MR) is 78.2 cm³/mol. The van der Waals surface area contributed by atoms with Gasteiger partial charge in [0.1, 0.15) is 23.1 Å². The molecule has 6 heteroatoms. The Morgan fingerprint density at radius 2 is 2.15 bits per heavy atom. The maximum Gasteiger partial charge on any atom is 0.168 e. The molecule has 20 heavy (non-hydrogen) atoms. The molecule has 1 aromatic carbocycles. The predicted octanol–water partition coefficient (Wildman–Crippen LogP) is 3.75. The zero-order valence-corrected chi connectivity index (χ0v) is 12.8. The molecule has 106 valence electrons. The minimum absolute atomic E-state index is 0.217. The van der Waals surface area contributed by atoms with Crippen LogP contribution in [0.4, 0.5) is 4.39 Å². The third-order valence-corrected chi connectivity index (χ3v) is 3.28. The van der Waals surface area contributed by atoms with Gasteiger partial charge in [0, 0.05) is 12.5 Å². The minimum atomic E-state index is -0.345. The van der Waals surface area contributed by atoms with Crippen LogP contribution in [0.1, 0.15) is 31.3 Å². The van der Waals surface area contributed by atoms with Crippen LogP contribution in [-0.2, 0) is 6.54 Å². The molecule has 0 unspecified atom stereocenters. The first-order chi connectivity index (χ1) is 9.51. The number of aromatic nitrogens is 2. The molecule has 0 aliphatic heterocycles. The maximum absolute atomic E-state index is 13.2. The molecule has 0 radical (unpaired) electrons. The second-order valence-electron chi connectivity index (χ2n) is 4.58. The van der Waals surface area contributed by atoms with Crippen molar-refractivity contribution >= 4 is 15.9 Å². The van der Waals surface area contributed by atoms with Crippen molar-refractivity contribution in [1.29, 1.82) is 0 Å². The van der Waals surface area contributed by atoms with E-state index in [1.54, 1.807) is 12.3 Å². The van der Waals surface area contributed by atoms with Crippen molar-refractivity contribution in [1.82, 2.24) is 9.97 Å². The summed E-state index contributed by atoms with van der Waals surface area (Å²) in [5, 5.41) is 0. The molecular formula is C14H15BrFN3O. The lowest BCUT2D eigenvalue weighted by atomic mass is 10.2. The molecule has 0 fully saturated rings. The Hall–Kier alpha value is -1.53. The number of halogens is 2. The molecule has 0 bridgehead atoms. The van der Waals surface area contributed by atoms with Gasteiger partial charge in [-0.2, -0.15) is 0 Å². The monoisotopic (exact) mass is 339 g/mol. The van der Waals surface area contributed by atoms with Gasteiger partial charge in [-0.25, -0.2) is 14.4 Å². The Kier molecular flexibility index (Phi) is 4.67. The van der Waals surface area contributed by atoms with E-state index in [9.17, 15) is 4.39 Å². The summed E-state index contributed by atoms with van der Waals surface area (Å²) in [6.07, 6.45) is 1.60. The van der Waals surface area contributed by atoms with Crippen molar-refractivity contribution in [2.45, 2.75) is 26.3 Å². The normalized spacial score (nSPS) is 10.9. The van der Waals surface area contributed by atoms with Gasteiger partial charge in [-0.3, -0.25) is 0 Å². The van der Waals surface area contributed by atoms with Crippen molar-refractivity contribution in [2.24, 2.45) is 5.73 Å². The van der Waals surface area contributed by atoms with Crippen LogP contribution in [-0.4, -0.2) is 9.97 Å². The van der Waals surface area contributed by atoms with Crippen molar-refractivity contribution in [3.8, 4) is 11.5 Å². The second-order valence-corrected chi connectivity index (χ2v) is 5.43. The number of benzene rings is 1. The largest absolute Gasteiger partial charge is 0.454 e. The van der Waals surface area contributed by atoms with Gasteiger partial charge in [-0.05, 0) is 34.1 Å². The summed E-state index contributed by atoms with van der Waals surface area (Å²) in [5.74, 6) is 1.57. The van der Waals surface area contributed by atoms with E-state index in [2.05, 4.69) is 25.9 Å². The summed E-state index contributed by atoms with van der Waals surface area (Å²) in [5.41, 5.74) is 6.32. The van der Waals surface area contributed by atoms with E-state index in [-0.39, 0.29) is 18.3 Å². The fourth-order valence-corrected chi connectivity index (χ4v) is 1.96. The number of ether oxygens (including phenoxy) is 1. The number of hydrogen-bond donors (Lipinski definition) is 1. The van der Waals surface area contributed by atoms with Crippen LogP contribution in [0, 0.1) is 5.82 Å². The molecule has 2 aromatic rings. The molecule has 1 aromatic heterocycles. The van der Waals surface area contributed by atoms with E-state index >= 15 is 0 Å². The van der Waals surface area contributed by atoms with Gasteiger partial charge in [-0.1, -0.05) is 13.8 Å². The smallest absolute Gasteiger partial charge is 0.168 e. The Morgan fingerprint density at radius 3 is 2.75 bits per heavy atom. The van der Waals surface area contributed by atoms with E-state index in [1.165, 1.54) is 12.1 Å². The first kappa shape index (κ1) is 14.9. The highest BCUT2D eigenvalue weighted by Gasteiger charge is 2.11. The standard InChI is InChI=1S/C14H15BrFN3O/c1-8(2)14-18-7-13(12(6-17)19-14)20-9-3-4-11(16)10(15)5-9/h3-5,7-8H,6,17H2,1-2H3. The van der Waals surface area contributed by atoms with Crippen LogP contribution in [0.2, 0.25) is 0 Å². The van der Waals surface area contributed by atoms with Gasteiger partial charge in [0.05, 0.1) is 10.7 Å². The summed E-state index contributed by atoms with van der Waals surface area (Å²) in [7, 11) is 0. The minimum Gasteiger partial charge on any atom is -0.454 e. The molecule has 2 rings (SSSR count). The lowest BCUT2D eigenvalue weighted by molar-refractivity contribution is 0.465. The van der Waals surface area contributed by atoms with Crippen LogP contribution >= 0.6 is 15.9 Å². The van der Waals surface area contributed by atoms with E-state index in [1.807, 2.05) is 13.8 Å². The highest BCUT2D eigenvalue weighted by molar-refractivity contribution is 9.10. The van der Waals surface area contributed by atoms with Crippen molar-refractivity contribution in [3.63, 3.8) is 0 Å². The first-order valence-electron chi connectivity index (χ1n) is 6.20. The van der Waals surface area contributed by atoms with Crippen molar-refractivity contribution in [3.05, 3.63) is 46.2 Å². The van der Waals surface area contributed by atoms with E-state index < -0.39 is 0 Å². The molecule has 0 aliphatic rings. The number of nitrogens with zero attached hydrogens (tertiary/aromatic N) is 2. The van der Waals surface area contributed by atoms with Crippen LogP contribution in [0.25, 0.3) is 0 Å². The quantitative estimate of drug-likeness (QED) is 0.921. The third-order valence-electron chi connectivity index (χ3n) is 2.68. The van der Waals surface area contributed by atoms with Crippen LogP contribution in [0.3, 0.4) is 0 Å². The first-order valence-corrected chi connectivity index (χ1v) is 6.99. The van der Waals surface area contributed by atoms with Gasteiger partial charge in [0.15, 0.2) is 5.75 Å². The molecule has 0 saturated heterocycles. The molecule has 0 aliphatic carbocycles. The van der Waals surface area contributed by atoms with E-state index in [4.69, 9.17) is 10.5 Å². The Morgan fingerprint density at radius 1 is 1.40 bits per heavy atom. The molecule has 0 spiro atoms. The summed E-state index contributed by atoms with van der Waals surface area (Å²) < 4.78 is 19.2. The van der Waals surface area contributed by atoms with Crippen LogP contribution in [0.15, 0.2) is 28.9 Å². The third kappa shape index (κ3) is 3.32. The van der Waals surface area contributed by atoms with E-state index in [0.717, 1.165) is 5.82 Å². The molecule has 0 atom stereocenters. The summed E-state index contributed by atoms with van der Waals surface area (Å²) in [4.78, 5) is 8.63. The molecule has 2 N–H and O–H groups in total. The average Bonchev–Trinajstić information content (AvgIpc) is 2.43. The zero-order valence-electron chi connectivity index (χ0n) is 11.2. The van der Waals surface area contributed by atoms with Gasteiger partial charge in [-0.15, -0.1) is 0 Å². The fraction of sp³-hybridized carbons (Fsp3) is 0.286. The molecule has 1 heterocycles. The van der Waals surface area contributed by atoms with Gasteiger partial charge >= 0.3 is 0 Å². The van der Waals surface area contributed by atoms with Crippen molar-refractivity contribution < 1.29 is 9.13 Å². The van der Waals surface area contributed by atoms with Crippen LogP contribution < -0.4 is 10.5 Å². The highest BCUT2D eigenvalue weighted by atomic mass is 79.9. The highest BCUT2D eigenvalue weighted by Crippen LogP contribution is 2.28. The number of rotatable bonds is 4. The average molecular weight is 340 g/mol. The number of nitrogens with two attached hydrogens (primary N) is 1. The molecule has 0 saturated carbocycles.